The molecule has 70 valence electrons. The standard InChI is InChI=1S/C9H14N4/c1-7(2)12-9(4-10)8-5-11-13(3)6-8/h5-7,9,12H,1-3H3. The molecule has 0 amide bonds. The largest absolute Gasteiger partial charge is 0.296 e. The van der Waals surface area contributed by atoms with Crippen LogP contribution in [0.4, 0.5) is 0 Å². The average molecular weight is 178 g/mol. The van der Waals surface area contributed by atoms with Gasteiger partial charge in [0.05, 0.1) is 12.3 Å². The Morgan fingerprint density at radius 2 is 2.31 bits per heavy atom. The maximum absolute atomic E-state index is 8.89. The molecule has 0 aromatic carbocycles. The van der Waals surface area contributed by atoms with E-state index in [9.17, 15) is 0 Å². The quantitative estimate of drug-likeness (QED) is 0.750. The summed E-state index contributed by atoms with van der Waals surface area (Å²) in [5, 5.41) is 16.1. The summed E-state index contributed by atoms with van der Waals surface area (Å²) in [5.41, 5.74) is 0.915. The molecule has 0 fully saturated rings. The van der Waals surface area contributed by atoms with Gasteiger partial charge < -0.3 is 0 Å². The summed E-state index contributed by atoms with van der Waals surface area (Å²) < 4.78 is 1.70. The van der Waals surface area contributed by atoms with Gasteiger partial charge in [-0.3, -0.25) is 10.00 Å². The van der Waals surface area contributed by atoms with Gasteiger partial charge >= 0.3 is 0 Å². The first-order valence-electron chi connectivity index (χ1n) is 4.27. The minimum absolute atomic E-state index is 0.256. The Kier molecular flexibility index (Phi) is 3.04. The molecule has 4 nitrogen and oxygen atoms in total. The molecule has 0 aliphatic rings. The number of rotatable bonds is 3. The minimum Gasteiger partial charge on any atom is -0.296 e. The summed E-state index contributed by atoms with van der Waals surface area (Å²) in [6.45, 7) is 4.03. The van der Waals surface area contributed by atoms with E-state index in [2.05, 4.69) is 16.5 Å². The molecule has 1 aromatic rings. The number of hydrogen-bond donors (Lipinski definition) is 1. The first-order valence-corrected chi connectivity index (χ1v) is 4.27. The molecule has 1 aromatic heterocycles. The summed E-state index contributed by atoms with van der Waals surface area (Å²) >= 11 is 0. The summed E-state index contributed by atoms with van der Waals surface area (Å²) in [6.07, 6.45) is 3.56. The first-order chi connectivity index (χ1) is 6.13. The van der Waals surface area contributed by atoms with Gasteiger partial charge in [-0.1, -0.05) is 0 Å². The molecule has 1 N–H and O–H groups in total. The average Bonchev–Trinajstić information content (AvgIpc) is 2.47. The zero-order chi connectivity index (χ0) is 9.84. The lowest BCUT2D eigenvalue weighted by molar-refractivity contribution is 0.546. The number of aryl methyl sites for hydroxylation is 1. The highest BCUT2D eigenvalue weighted by Crippen LogP contribution is 2.10. The van der Waals surface area contributed by atoms with Crippen LogP contribution in [0.25, 0.3) is 0 Å². The van der Waals surface area contributed by atoms with E-state index in [-0.39, 0.29) is 6.04 Å². The van der Waals surface area contributed by atoms with E-state index < -0.39 is 0 Å². The van der Waals surface area contributed by atoms with Gasteiger partial charge in [-0.25, -0.2) is 0 Å². The third kappa shape index (κ3) is 2.56. The lowest BCUT2D eigenvalue weighted by atomic mass is 10.1. The molecular weight excluding hydrogens is 164 g/mol. The number of hydrogen-bond acceptors (Lipinski definition) is 3. The van der Waals surface area contributed by atoms with Gasteiger partial charge in [0.25, 0.3) is 0 Å². The van der Waals surface area contributed by atoms with Crippen LogP contribution in [0.15, 0.2) is 12.4 Å². The molecule has 0 aliphatic carbocycles. The molecule has 1 heterocycles. The van der Waals surface area contributed by atoms with Crippen LogP contribution in [0.3, 0.4) is 0 Å². The van der Waals surface area contributed by atoms with Crippen LogP contribution in [0.1, 0.15) is 25.5 Å². The molecule has 0 bridgehead atoms. The molecule has 1 atom stereocenters. The number of nitrogens with one attached hydrogen (secondary N) is 1. The predicted octanol–water partition coefficient (Wildman–Crippen LogP) is 0.983. The lowest BCUT2D eigenvalue weighted by Gasteiger charge is -2.12. The van der Waals surface area contributed by atoms with Gasteiger partial charge in [0.1, 0.15) is 6.04 Å². The van der Waals surface area contributed by atoms with Crippen LogP contribution in [-0.2, 0) is 7.05 Å². The summed E-state index contributed by atoms with van der Waals surface area (Å²) in [7, 11) is 1.84. The fourth-order valence-electron chi connectivity index (χ4n) is 1.13. The predicted molar refractivity (Wildman–Crippen MR) is 49.8 cm³/mol. The van der Waals surface area contributed by atoms with E-state index in [4.69, 9.17) is 5.26 Å². The monoisotopic (exact) mass is 178 g/mol. The van der Waals surface area contributed by atoms with Crippen molar-refractivity contribution in [2.45, 2.75) is 25.9 Å². The van der Waals surface area contributed by atoms with Gasteiger partial charge in [0, 0.05) is 24.8 Å². The van der Waals surface area contributed by atoms with Gasteiger partial charge in [0.15, 0.2) is 0 Å². The zero-order valence-corrected chi connectivity index (χ0v) is 8.15. The van der Waals surface area contributed by atoms with Crippen molar-refractivity contribution in [3.8, 4) is 6.07 Å². The molecule has 0 aliphatic heterocycles. The Hall–Kier alpha value is -1.34. The number of nitrogens with zero attached hydrogens (tertiary/aromatic N) is 3. The summed E-state index contributed by atoms with van der Waals surface area (Å²) in [5.74, 6) is 0. The Labute approximate surface area is 78.2 Å². The highest BCUT2D eigenvalue weighted by atomic mass is 15.2. The fraction of sp³-hybridized carbons (Fsp3) is 0.556. The SMILES string of the molecule is CC(C)NC(C#N)c1cnn(C)c1. The van der Waals surface area contributed by atoms with Crippen LogP contribution in [0.2, 0.25) is 0 Å². The van der Waals surface area contributed by atoms with E-state index in [1.807, 2.05) is 27.1 Å². The van der Waals surface area contributed by atoms with Crippen molar-refractivity contribution in [3.63, 3.8) is 0 Å². The lowest BCUT2D eigenvalue weighted by Crippen LogP contribution is -2.26. The van der Waals surface area contributed by atoms with E-state index in [0.29, 0.717) is 6.04 Å². The van der Waals surface area contributed by atoms with Crippen molar-refractivity contribution in [1.29, 1.82) is 5.26 Å². The maximum atomic E-state index is 8.89. The topological polar surface area (TPSA) is 53.6 Å². The highest BCUT2D eigenvalue weighted by Gasteiger charge is 2.12. The Morgan fingerprint density at radius 1 is 1.62 bits per heavy atom. The van der Waals surface area contributed by atoms with Crippen LogP contribution in [-0.4, -0.2) is 15.8 Å². The molecule has 1 rings (SSSR count). The second-order valence-electron chi connectivity index (χ2n) is 3.33. The van der Waals surface area contributed by atoms with Gasteiger partial charge in [-0.15, -0.1) is 0 Å². The minimum atomic E-state index is -0.256. The summed E-state index contributed by atoms with van der Waals surface area (Å²) in [6, 6.07) is 2.24. The van der Waals surface area contributed by atoms with Crippen molar-refractivity contribution in [1.82, 2.24) is 15.1 Å². The molecule has 13 heavy (non-hydrogen) atoms. The molecule has 0 spiro atoms. The second kappa shape index (κ2) is 4.06. The van der Waals surface area contributed by atoms with Gasteiger partial charge in [0.2, 0.25) is 0 Å². The van der Waals surface area contributed by atoms with E-state index >= 15 is 0 Å². The number of nitriles is 1. The van der Waals surface area contributed by atoms with E-state index in [1.54, 1.807) is 10.9 Å². The first kappa shape index (κ1) is 9.75. The molecular formula is C9H14N4. The van der Waals surface area contributed by atoms with Crippen molar-refractivity contribution < 1.29 is 0 Å². The van der Waals surface area contributed by atoms with Crippen molar-refractivity contribution >= 4 is 0 Å². The van der Waals surface area contributed by atoms with Crippen molar-refractivity contribution in [2.75, 3.05) is 0 Å². The molecule has 0 saturated carbocycles. The second-order valence-corrected chi connectivity index (χ2v) is 3.33. The third-order valence-electron chi connectivity index (χ3n) is 1.69. The molecule has 1 unspecified atom stereocenters. The van der Waals surface area contributed by atoms with Gasteiger partial charge in [-0.05, 0) is 13.8 Å². The van der Waals surface area contributed by atoms with E-state index in [1.165, 1.54) is 0 Å². The van der Waals surface area contributed by atoms with Gasteiger partial charge in [-0.2, -0.15) is 10.4 Å². The van der Waals surface area contributed by atoms with Crippen LogP contribution < -0.4 is 5.32 Å². The highest BCUT2D eigenvalue weighted by molar-refractivity contribution is 5.17. The normalized spacial score (nSPS) is 12.8. The molecule has 0 saturated heterocycles. The maximum Gasteiger partial charge on any atom is 0.124 e. The van der Waals surface area contributed by atoms with Crippen LogP contribution >= 0.6 is 0 Å². The number of aromatic nitrogens is 2. The van der Waals surface area contributed by atoms with E-state index in [0.717, 1.165) is 5.56 Å². The van der Waals surface area contributed by atoms with Crippen molar-refractivity contribution in [3.05, 3.63) is 18.0 Å². The molecule has 4 heteroatoms. The Balaban J connectivity index is 2.74. The Bertz CT molecular complexity index is 308. The van der Waals surface area contributed by atoms with Crippen molar-refractivity contribution in [2.24, 2.45) is 7.05 Å². The smallest absolute Gasteiger partial charge is 0.124 e. The van der Waals surface area contributed by atoms with Crippen LogP contribution in [0.5, 0.6) is 0 Å². The molecule has 0 radical (unpaired) electrons. The summed E-state index contributed by atoms with van der Waals surface area (Å²) in [4.78, 5) is 0. The fourth-order valence-corrected chi connectivity index (χ4v) is 1.13. The van der Waals surface area contributed by atoms with Crippen LogP contribution in [0, 0.1) is 11.3 Å². The zero-order valence-electron chi connectivity index (χ0n) is 8.15. The Morgan fingerprint density at radius 3 is 2.69 bits per heavy atom. The third-order valence-corrected chi connectivity index (χ3v) is 1.69.